The number of aromatic hydroxyl groups is 1. The van der Waals surface area contributed by atoms with Gasteiger partial charge in [-0.05, 0) is 71.1 Å². The molecule has 7 nitrogen and oxygen atoms in total. The second kappa shape index (κ2) is 9.10. The summed E-state index contributed by atoms with van der Waals surface area (Å²) in [6.07, 6.45) is 0. The summed E-state index contributed by atoms with van der Waals surface area (Å²) in [5.41, 5.74) is -0.151. The Bertz CT molecular complexity index is 1720. The van der Waals surface area contributed by atoms with E-state index in [0.717, 1.165) is 6.07 Å². The maximum Gasteiger partial charge on any atom is 0.239 e. The lowest BCUT2D eigenvalue weighted by atomic mass is 9.92. The molecule has 4 aromatic rings. The first-order chi connectivity index (χ1) is 16.2. The standard InChI is InChI=1S/C22H14Cl4N2O5S2/c23-12-3-10(4-13(24)7-12)19-17-2-1-16(29)9-18(17)21(34(27,30)31)20(22(19)35(28,32)33)11-5-14(25)8-15(26)6-11/h1-9,29H,(H2,27,30,31)(H2,28,32,33). The average Bonchev–Trinajstić information content (AvgIpc) is 2.68. The van der Waals surface area contributed by atoms with Gasteiger partial charge in [0.2, 0.25) is 20.0 Å². The molecule has 0 unspecified atom stereocenters. The zero-order valence-electron chi connectivity index (χ0n) is 17.3. The first-order valence-corrected chi connectivity index (χ1v) is 14.1. The zero-order valence-corrected chi connectivity index (χ0v) is 21.9. The summed E-state index contributed by atoms with van der Waals surface area (Å²) in [5, 5.41) is 22.0. The molecule has 4 rings (SSSR count). The van der Waals surface area contributed by atoms with E-state index < -0.39 is 29.8 Å². The lowest BCUT2D eigenvalue weighted by Crippen LogP contribution is -2.20. The molecule has 0 bridgehead atoms. The summed E-state index contributed by atoms with van der Waals surface area (Å²) in [4.78, 5) is -1.17. The number of phenols is 1. The van der Waals surface area contributed by atoms with Crippen molar-refractivity contribution in [3.8, 4) is 28.0 Å². The van der Waals surface area contributed by atoms with Crippen molar-refractivity contribution in [1.29, 1.82) is 0 Å². The zero-order chi connectivity index (χ0) is 25.9. The van der Waals surface area contributed by atoms with E-state index in [-0.39, 0.29) is 58.9 Å². The van der Waals surface area contributed by atoms with Crippen molar-refractivity contribution in [1.82, 2.24) is 0 Å². The molecule has 0 spiro atoms. The van der Waals surface area contributed by atoms with E-state index in [2.05, 4.69) is 0 Å². The minimum atomic E-state index is -4.65. The topological polar surface area (TPSA) is 141 Å². The Labute approximate surface area is 220 Å². The SMILES string of the molecule is NS(=O)(=O)c1c(-c2cc(Cl)cc(Cl)c2)c(S(N)(=O)=O)c2cc(O)ccc2c1-c1cc(Cl)cc(Cl)c1. The fourth-order valence-electron chi connectivity index (χ4n) is 3.95. The van der Waals surface area contributed by atoms with E-state index in [1.165, 1.54) is 48.5 Å². The van der Waals surface area contributed by atoms with Crippen LogP contribution in [0, 0.1) is 0 Å². The van der Waals surface area contributed by atoms with Crippen molar-refractivity contribution in [3.05, 3.63) is 74.7 Å². The monoisotopic (exact) mass is 590 g/mol. The van der Waals surface area contributed by atoms with Gasteiger partial charge in [-0.25, -0.2) is 27.1 Å². The molecule has 13 heteroatoms. The molecule has 182 valence electrons. The number of hydrogen-bond acceptors (Lipinski definition) is 5. The van der Waals surface area contributed by atoms with Crippen molar-refractivity contribution in [3.63, 3.8) is 0 Å². The first-order valence-electron chi connectivity index (χ1n) is 9.48. The Morgan fingerprint density at radius 2 is 1.00 bits per heavy atom. The Kier molecular flexibility index (Phi) is 6.76. The smallest absolute Gasteiger partial charge is 0.239 e. The number of sulfonamides is 2. The van der Waals surface area contributed by atoms with E-state index in [1.807, 2.05) is 0 Å². The number of rotatable bonds is 4. The first kappa shape index (κ1) is 26.0. The molecule has 0 fully saturated rings. The highest BCUT2D eigenvalue weighted by atomic mass is 35.5. The molecule has 0 saturated carbocycles. The number of phenolic OH excluding ortho intramolecular Hbond substituents is 1. The molecule has 0 aliphatic rings. The molecular weight excluding hydrogens is 578 g/mol. The van der Waals surface area contributed by atoms with Gasteiger partial charge in [0.15, 0.2) is 0 Å². The minimum Gasteiger partial charge on any atom is -0.508 e. The molecule has 0 aromatic heterocycles. The summed E-state index contributed by atoms with van der Waals surface area (Å²) < 4.78 is 52.0. The van der Waals surface area contributed by atoms with Crippen LogP contribution in [0.25, 0.3) is 33.0 Å². The summed E-state index contributed by atoms with van der Waals surface area (Å²) in [6.45, 7) is 0. The van der Waals surface area contributed by atoms with Crippen molar-refractivity contribution in [2.45, 2.75) is 9.79 Å². The van der Waals surface area contributed by atoms with E-state index in [4.69, 9.17) is 56.7 Å². The quantitative estimate of drug-likeness (QED) is 0.275. The van der Waals surface area contributed by atoms with E-state index >= 15 is 0 Å². The van der Waals surface area contributed by atoms with Crippen molar-refractivity contribution < 1.29 is 21.9 Å². The van der Waals surface area contributed by atoms with Crippen LogP contribution in [0.3, 0.4) is 0 Å². The van der Waals surface area contributed by atoms with Crippen LogP contribution in [0.2, 0.25) is 20.1 Å². The molecular formula is C22H14Cl4N2O5S2. The number of primary sulfonamides is 2. The van der Waals surface area contributed by atoms with Crippen LogP contribution in [0.1, 0.15) is 0 Å². The number of halogens is 4. The molecule has 0 atom stereocenters. The van der Waals surface area contributed by atoms with Gasteiger partial charge >= 0.3 is 0 Å². The summed E-state index contributed by atoms with van der Waals surface area (Å²) in [7, 11) is -9.27. The van der Waals surface area contributed by atoms with E-state index in [1.54, 1.807) is 0 Å². The van der Waals surface area contributed by atoms with Gasteiger partial charge in [0.05, 0.1) is 9.79 Å². The third kappa shape index (κ3) is 5.09. The van der Waals surface area contributed by atoms with Crippen LogP contribution in [-0.4, -0.2) is 21.9 Å². The highest BCUT2D eigenvalue weighted by Crippen LogP contribution is 2.47. The van der Waals surface area contributed by atoms with Crippen LogP contribution in [-0.2, 0) is 20.0 Å². The number of benzene rings is 4. The van der Waals surface area contributed by atoms with Gasteiger partial charge in [-0.3, -0.25) is 0 Å². The molecule has 35 heavy (non-hydrogen) atoms. The highest BCUT2D eigenvalue weighted by molar-refractivity contribution is 7.90. The highest BCUT2D eigenvalue weighted by Gasteiger charge is 2.32. The molecule has 0 saturated heterocycles. The normalized spacial score (nSPS) is 12.3. The molecule has 5 N–H and O–H groups in total. The Balaban J connectivity index is 2.44. The predicted octanol–water partition coefficient (Wildman–Crippen LogP) is 5.79. The van der Waals surface area contributed by atoms with E-state index in [9.17, 15) is 21.9 Å². The lowest BCUT2D eigenvalue weighted by Gasteiger charge is -2.21. The largest absolute Gasteiger partial charge is 0.508 e. The van der Waals surface area contributed by atoms with Gasteiger partial charge in [-0.15, -0.1) is 0 Å². The van der Waals surface area contributed by atoms with Gasteiger partial charge in [0.1, 0.15) is 5.75 Å². The third-order valence-corrected chi connectivity index (χ3v) is 7.91. The second-order valence-corrected chi connectivity index (χ2v) is 12.3. The van der Waals surface area contributed by atoms with Crippen molar-refractivity contribution in [2.75, 3.05) is 0 Å². The summed E-state index contributed by atoms with van der Waals surface area (Å²) in [5.74, 6) is -0.295. The molecule has 0 aliphatic carbocycles. The maximum atomic E-state index is 13.1. The van der Waals surface area contributed by atoms with Crippen LogP contribution in [0.5, 0.6) is 5.75 Å². The predicted molar refractivity (Wildman–Crippen MR) is 139 cm³/mol. The fraction of sp³-hybridized carbons (Fsp3) is 0. The van der Waals surface area contributed by atoms with Crippen LogP contribution < -0.4 is 10.3 Å². The molecule has 0 amide bonds. The summed E-state index contributed by atoms with van der Waals surface area (Å²) in [6, 6.07) is 12.1. The molecule has 0 radical (unpaired) electrons. The van der Waals surface area contributed by atoms with Gasteiger partial charge in [-0.2, -0.15) is 0 Å². The Morgan fingerprint density at radius 1 is 0.571 bits per heavy atom. The van der Waals surface area contributed by atoms with Gasteiger partial charge < -0.3 is 5.11 Å². The van der Waals surface area contributed by atoms with Crippen LogP contribution >= 0.6 is 46.4 Å². The van der Waals surface area contributed by atoms with Crippen LogP contribution in [0.4, 0.5) is 0 Å². The van der Waals surface area contributed by atoms with Crippen molar-refractivity contribution >= 4 is 77.2 Å². The van der Waals surface area contributed by atoms with E-state index in [0.29, 0.717) is 0 Å². The number of hydrogen-bond donors (Lipinski definition) is 3. The second-order valence-electron chi connectivity index (χ2n) is 7.54. The Hall–Kier alpha value is -2.08. The lowest BCUT2D eigenvalue weighted by molar-refractivity contribution is 0.476. The van der Waals surface area contributed by atoms with Gasteiger partial charge in [0.25, 0.3) is 0 Å². The fourth-order valence-corrected chi connectivity index (χ4v) is 7.06. The number of nitrogens with two attached hydrogens (primary N) is 2. The Morgan fingerprint density at radius 3 is 1.43 bits per heavy atom. The third-order valence-electron chi connectivity index (χ3n) is 5.07. The average molecular weight is 592 g/mol. The van der Waals surface area contributed by atoms with Gasteiger partial charge in [0, 0.05) is 36.6 Å². The maximum absolute atomic E-state index is 13.1. The van der Waals surface area contributed by atoms with Crippen LogP contribution in [0.15, 0.2) is 64.4 Å². The summed E-state index contributed by atoms with van der Waals surface area (Å²) >= 11 is 24.7. The molecule has 0 aliphatic heterocycles. The number of fused-ring (bicyclic) bond motifs is 1. The molecule has 0 heterocycles. The van der Waals surface area contributed by atoms with Crippen molar-refractivity contribution in [2.24, 2.45) is 10.3 Å². The molecule has 4 aromatic carbocycles. The minimum absolute atomic E-state index is 0.00889. The van der Waals surface area contributed by atoms with Gasteiger partial charge in [-0.1, -0.05) is 46.4 Å².